The van der Waals surface area contributed by atoms with E-state index in [4.69, 9.17) is 4.74 Å². The zero-order valence-electron chi connectivity index (χ0n) is 16.9. The molecular weight excluding hydrogens is 356 g/mol. The number of carbonyl (C=O) groups excluding carboxylic acids is 2. The summed E-state index contributed by atoms with van der Waals surface area (Å²) in [5, 5.41) is 7.08. The van der Waals surface area contributed by atoms with Gasteiger partial charge in [0.15, 0.2) is 0 Å². The minimum Gasteiger partial charge on any atom is -0.488 e. The van der Waals surface area contributed by atoms with Gasteiger partial charge in [-0.05, 0) is 38.0 Å². The fourth-order valence-electron chi connectivity index (χ4n) is 3.82. The van der Waals surface area contributed by atoms with Crippen molar-refractivity contribution in [2.75, 3.05) is 13.6 Å². The van der Waals surface area contributed by atoms with Crippen molar-refractivity contribution in [1.82, 2.24) is 20.0 Å². The maximum Gasteiger partial charge on any atom is 0.242 e. The first-order valence-corrected chi connectivity index (χ1v) is 9.62. The van der Waals surface area contributed by atoms with Crippen LogP contribution >= 0.6 is 0 Å². The van der Waals surface area contributed by atoms with Crippen LogP contribution in [0.5, 0.6) is 5.75 Å². The molecule has 1 aliphatic heterocycles. The highest BCUT2D eigenvalue weighted by Crippen LogP contribution is 2.25. The van der Waals surface area contributed by atoms with Gasteiger partial charge in [-0.3, -0.25) is 14.3 Å². The van der Waals surface area contributed by atoms with Gasteiger partial charge in [-0.25, -0.2) is 0 Å². The molecule has 0 radical (unpaired) electrons. The number of likely N-dealkylation sites (tertiary alicyclic amines) is 1. The first kappa shape index (κ1) is 19.9. The molecule has 0 bridgehead atoms. The van der Waals surface area contributed by atoms with Gasteiger partial charge >= 0.3 is 0 Å². The number of amides is 2. The second kappa shape index (κ2) is 8.46. The first-order valence-electron chi connectivity index (χ1n) is 9.62. The van der Waals surface area contributed by atoms with E-state index in [-0.39, 0.29) is 17.9 Å². The number of benzene rings is 1. The minimum atomic E-state index is -0.498. The molecule has 2 atom stereocenters. The van der Waals surface area contributed by atoms with Crippen LogP contribution in [0.25, 0.3) is 0 Å². The Morgan fingerprint density at radius 3 is 2.57 bits per heavy atom. The molecule has 1 fully saturated rings. The van der Waals surface area contributed by atoms with Crippen molar-refractivity contribution in [3.05, 3.63) is 47.3 Å². The van der Waals surface area contributed by atoms with Crippen LogP contribution in [0.4, 0.5) is 0 Å². The second-order valence-corrected chi connectivity index (χ2v) is 7.24. The number of rotatable bonds is 6. The molecule has 0 saturated carbocycles. The molecule has 7 nitrogen and oxygen atoms in total. The molecule has 2 amide bonds. The fraction of sp³-hybridized carbons (Fsp3) is 0.476. The van der Waals surface area contributed by atoms with Crippen molar-refractivity contribution in [3.63, 3.8) is 0 Å². The molecular formula is C21H28N4O3. The van der Waals surface area contributed by atoms with E-state index in [1.807, 2.05) is 55.9 Å². The summed E-state index contributed by atoms with van der Waals surface area (Å²) in [6.07, 6.45) is 1.26. The lowest BCUT2D eigenvalue weighted by molar-refractivity contribution is -0.138. The van der Waals surface area contributed by atoms with Crippen molar-refractivity contribution >= 4 is 11.8 Å². The average Bonchev–Trinajstić information content (AvgIpc) is 3.21. The Labute approximate surface area is 165 Å². The lowest BCUT2D eigenvalue weighted by Crippen LogP contribution is -2.45. The molecule has 2 aromatic rings. The maximum atomic E-state index is 12.9. The van der Waals surface area contributed by atoms with Gasteiger partial charge in [-0.2, -0.15) is 5.10 Å². The predicted octanol–water partition coefficient (Wildman–Crippen LogP) is 1.76. The molecule has 7 heteroatoms. The van der Waals surface area contributed by atoms with Gasteiger partial charge in [0.25, 0.3) is 0 Å². The highest BCUT2D eigenvalue weighted by atomic mass is 16.5. The number of para-hydroxylation sites is 1. The monoisotopic (exact) mass is 384 g/mol. The number of ether oxygens (including phenoxy) is 1. The normalized spacial score (nSPS) is 18.9. The summed E-state index contributed by atoms with van der Waals surface area (Å²) in [7, 11) is 3.50. The van der Waals surface area contributed by atoms with Crippen LogP contribution < -0.4 is 10.1 Å². The van der Waals surface area contributed by atoms with E-state index in [1.54, 1.807) is 11.9 Å². The Morgan fingerprint density at radius 1 is 1.25 bits per heavy atom. The number of hydrogen-bond acceptors (Lipinski definition) is 4. The lowest BCUT2D eigenvalue weighted by atomic mass is 10.1. The van der Waals surface area contributed by atoms with Crippen LogP contribution in [0.1, 0.15) is 29.8 Å². The highest BCUT2D eigenvalue weighted by Gasteiger charge is 2.40. The van der Waals surface area contributed by atoms with Crippen LogP contribution in [0.3, 0.4) is 0 Å². The Hall–Kier alpha value is -2.83. The fourth-order valence-corrected chi connectivity index (χ4v) is 3.82. The number of aromatic nitrogens is 2. The molecule has 3 rings (SSSR count). The van der Waals surface area contributed by atoms with Crippen LogP contribution in [-0.4, -0.2) is 52.2 Å². The quantitative estimate of drug-likeness (QED) is 0.823. The summed E-state index contributed by atoms with van der Waals surface area (Å²) in [6, 6.07) is 9.00. The van der Waals surface area contributed by atoms with Crippen molar-refractivity contribution in [1.29, 1.82) is 0 Å². The van der Waals surface area contributed by atoms with E-state index in [9.17, 15) is 9.59 Å². The maximum absolute atomic E-state index is 12.9. The SMILES string of the molecule is CNC(=O)[C@@H]1C[C@H](Oc2ccccc2)CN1C(=O)CCc1c(C)nn(C)c1C. The third-order valence-electron chi connectivity index (χ3n) is 5.43. The van der Waals surface area contributed by atoms with E-state index in [1.165, 1.54) is 0 Å². The number of nitrogens with zero attached hydrogens (tertiary/aromatic N) is 3. The Morgan fingerprint density at radius 2 is 1.96 bits per heavy atom. The number of carbonyl (C=O) groups is 2. The summed E-state index contributed by atoms with van der Waals surface area (Å²) in [5.74, 6) is 0.565. The first-order chi connectivity index (χ1) is 13.4. The summed E-state index contributed by atoms with van der Waals surface area (Å²) in [6.45, 7) is 4.38. The largest absolute Gasteiger partial charge is 0.488 e. The van der Waals surface area contributed by atoms with Crippen LogP contribution in [0, 0.1) is 13.8 Å². The van der Waals surface area contributed by atoms with E-state index in [0.29, 0.717) is 25.8 Å². The third-order valence-corrected chi connectivity index (χ3v) is 5.43. The molecule has 0 unspecified atom stereocenters. The van der Waals surface area contributed by atoms with Crippen molar-refractivity contribution in [2.24, 2.45) is 7.05 Å². The number of nitrogens with one attached hydrogen (secondary N) is 1. The minimum absolute atomic E-state index is 0.0320. The molecule has 28 heavy (non-hydrogen) atoms. The second-order valence-electron chi connectivity index (χ2n) is 7.24. The number of hydrogen-bond donors (Lipinski definition) is 1. The van der Waals surface area contributed by atoms with Crippen LogP contribution in [-0.2, 0) is 23.1 Å². The molecule has 1 aliphatic rings. The number of likely N-dealkylation sites (N-methyl/N-ethyl adjacent to an activating group) is 1. The lowest BCUT2D eigenvalue weighted by Gasteiger charge is -2.23. The van der Waals surface area contributed by atoms with Gasteiger partial charge in [0.2, 0.25) is 11.8 Å². The van der Waals surface area contributed by atoms with Gasteiger partial charge < -0.3 is 15.0 Å². The zero-order chi connectivity index (χ0) is 20.3. The third kappa shape index (κ3) is 4.18. The average molecular weight is 384 g/mol. The molecule has 0 spiro atoms. The molecule has 1 aromatic carbocycles. The van der Waals surface area contributed by atoms with E-state index < -0.39 is 6.04 Å². The predicted molar refractivity (Wildman–Crippen MR) is 106 cm³/mol. The topological polar surface area (TPSA) is 76.5 Å². The van der Waals surface area contributed by atoms with Crippen molar-refractivity contribution < 1.29 is 14.3 Å². The molecule has 0 aliphatic carbocycles. The van der Waals surface area contributed by atoms with E-state index in [0.717, 1.165) is 22.7 Å². The highest BCUT2D eigenvalue weighted by molar-refractivity contribution is 5.88. The molecule has 2 heterocycles. The van der Waals surface area contributed by atoms with Gasteiger partial charge in [0.1, 0.15) is 17.9 Å². The van der Waals surface area contributed by atoms with E-state index >= 15 is 0 Å². The van der Waals surface area contributed by atoms with Gasteiger partial charge in [0.05, 0.1) is 12.2 Å². The molecule has 150 valence electrons. The Kier molecular flexibility index (Phi) is 6.02. The molecule has 1 N–H and O–H groups in total. The zero-order valence-corrected chi connectivity index (χ0v) is 16.9. The van der Waals surface area contributed by atoms with E-state index in [2.05, 4.69) is 10.4 Å². The standard InChI is InChI=1S/C21H28N4O3/c1-14-18(15(2)24(4)23-14)10-11-20(26)25-13-17(12-19(25)21(27)22-3)28-16-8-6-5-7-9-16/h5-9,17,19H,10-13H2,1-4H3,(H,22,27)/t17-,19-/m0/s1. The van der Waals surface area contributed by atoms with Gasteiger partial charge in [0, 0.05) is 32.6 Å². The number of aryl methyl sites for hydroxylation is 2. The van der Waals surface area contributed by atoms with Gasteiger partial charge in [-0.15, -0.1) is 0 Å². The van der Waals surface area contributed by atoms with Crippen molar-refractivity contribution in [3.8, 4) is 5.75 Å². The summed E-state index contributed by atoms with van der Waals surface area (Å²) < 4.78 is 7.83. The smallest absolute Gasteiger partial charge is 0.242 e. The summed E-state index contributed by atoms with van der Waals surface area (Å²) >= 11 is 0. The van der Waals surface area contributed by atoms with Crippen LogP contribution in [0.15, 0.2) is 30.3 Å². The Bertz CT molecular complexity index is 847. The Balaban J connectivity index is 1.68. The summed E-state index contributed by atoms with van der Waals surface area (Å²) in [5.41, 5.74) is 3.12. The van der Waals surface area contributed by atoms with Crippen LogP contribution in [0.2, 0.25) is 0 Å². The summed E-state index contributed by atoms with van der Waals surface area (Å²) in [4.78, 5) is 26.9. The van der Waals surface area contributed by atoms with Gasteiger partial charge in [-0.1, -0.05) is 18.2 Å². The molecule has 1 aromatic heterocycles. The molecule has 1 saturated heterocycles. The van der Waals surface area contributed by atoms with Crippen molar-refractivity contribution in [2.45, 2.75) is 45.3 Å².